The number of hydrogen-bond donors (Lipinski definition) is 0. The second-order valence-corrected chi connectivity index (χ2v) is 9.43. The van der Waals surface area contributed by atoms with Gasteiger partial charge in [-0.3, -0.25) is 19.2 Å². The highest BCUT2D eigenvalue weighted by Gasteiger charge is 2.52. The zero-order chi connectivity index (χ0) is 25.4. The van der Waals surface area contributed by atoms with Crippen molar-refractivity contribution in [1.82, 2.24) is 0 Å². The summed E-state index contributed by atoms with van der Waals surface area (Å²) in [6, 6.07) is 0. The molecule has 0 amide bonds. The number of ether oxygens (including phenoxy) is 6. The van der Waals surface area contributed by atoms with Crippen molar-refractivity contribution in [1.29, 1.82) is 0 Å². The van der Waals surface area contributed by atoms with E-state index in [2.05, 4.69) is 13.8 Å². The molecule has 1 aliphatic carbocycles. The topological polar surface area (TPSA) is 124 Å². The summed E-state index contributed by atoms with van der Waals surface area (Å²) in [7, 11) is 0. The zero-order valence-electron chi connectivity index (χ0n) is 20.9. The first-order valence-corrected chi connectivity index (χ1v) is 11.9. The van der Waals surface area contributed by atoms with E-state index in [0.717, 1.165) is 25.7 Å². The Morgan fingerprint density at radius 1 is 0.735 bits per heavy atom. The number of rotatable bonds is 9. The maximum absolute atomic E-state index is 11.9. The molecule has 0 N–H and O–H groups in total. The van der Waals surface area contributed by atoms with Gasteiger partial charge in [-0.2, -0.15) is 0 Å². The minimum atomic E-state index is -1.21. The Hall–Kier alpha value is -2.20. The van der Waals surface area contributed by atoms with Gasteiger partial charge in [0, 0.05) is 27.7 Å². The van der Waals surface area contributed by atoms with Crippen LogP contribution in [-0.2, 0) is 47.6 Å². The lowest BCUT2D eigenvalue weighted by Crippen LogP contribution is -2.63. The molecule has 34 heavy (non-hydrogen) atoms. The number of carbonyl (C=O) groups excluding carboxylic acids is 4. The van der Waals surface area contributed by atoms with E-state index in [1.807, 2.05) is 0 Å². The second-order valence-electron chi connectivity index (χ2n) is 9.43. The average molecular weight is 487 g/mol. The molecule has 0 aromatic carbocycles. The molecule has 0 aromatic rings. The molecule has 2 fully saturated rings. The molecular formula is C24H38O10. The predicted molar refractivity (Wildman–Crippen MR) is 118 cm³/mol. The van der Waals surface area contributed by atoms with Crippen LogP contribution in [0.1, 0.15) is 67.2 Å². The smallest absolute Gasteiger partial charge is 0.303 e. The third-order valence-corrected chi connectivity index (χ3v) is 6.28. The number of esters is 4. The van der Waals surface area contributed by atoms with Crippen molar-refractivity contribution < 1.29 is 47.6 Å². The van der Waals surface area contributed by atoms with Gasteiger partial charge in [-0.25, -0.2) is 0 Å². The molecule has 1 aliphatic heterocycles. The maximum atomic E-state index is 11.9. The van der Waals surface area contributed by atoms with Gasteiger partial charge in [-0.05, 0) is 43.4 Å². The van der Waals surface area contributed by atoms with Crippen molar-refractivity contribution in [2.75, 3.05) is 13.2 Å². The lowest BCUT2D eigenvalue weighted by atomic mass is 9.77. The average Bonchev–Trinajstić information content (AvgIpc) is 2.73. The predicted octanol–water partition coefficient (Wildman–Crippen LogP) is 2.55. The summed E-state index contributed by atoms with van der Waals surface area (Å²) in [6.45, 7) is 9.38. The van der Waals surface area contributed by atoms with Crippen LogP contribution >= 0.6 is 0 Å². The molecule has 0 spiro atoms. The van der Waals surface area contributed by atoms with E-state index in [4.69, 9.17) is 28.4 Å². The van der Waals surface area contributed by atoms with Crippen LogP contribution in [0.5, 0.6) is 0 Å². The summed E-state index contributed by atoms with van der Waals surface area (Å²) in [4.78, 5) is 46.9. The van der Waals surface area contributed by atoms with Crippen molar-refractivity contribution in [2.24, 2.45) is 17.8 Å². The molecule has 10 heteroatoms. The summed E-state index contributed by atoms with van der Waals surface area (Å²) >= 11 is 0. The van der Waals surface area contributed by atoms with Crippen LogP contribution in [0, 0.1) is 17.8 Å². The van der Waals surface area contributed by atoms with Crippen molar-refractivity contribution in [3.05, 3.63) is 0 Å². The van der Waals surface area contributed by atoms with Crippen molar-refractivity contribution in [2.45, 2.75) is 97.9 Å². The van der Waals surface area contributed by atoms with Gasteiger partial charge < -0.3 is 28.4 Å². The monoisotopic (exact) mass is 486 g/mol. The first kappa shape index (κ1) is 28.0. The highest BCUT2D eigenvalue weighted by molar-refractivity contribution is 5.68. The quantitative estimate of drug-likeness (QED) is 0.355. The maximum Gasteiger partial charge on any atom is 0.303 e. The standard InChI is InChI=1S/C24H38O10/c1-13(2)19-9-7-18(8-10-19)11-30-24-23(33-17(6)28)22(32-16(5)27)21(31-15(4)26)20(34-24)12-29-14(3)25/h13,18-24H,7-12H2,1-6H3/t18?,19?,20-,21-,22+,23-,24-/m1/s1. The van der Waals surface area contributed by atoms with Gasteiger partial charge in [0.1, 0.15) is 12.7 Å². The van der Waals surface area contributed by atoms with Gasteiger partial charge in [0.2, 0.25) is 0 Å². The van der Waals surface area contributed by atoms with E-state index < -0.39 is 54.6 Å². The largest absolute Gasteiger partial charge is 0.463 e. The Kier molecular flexibility index (Phi) is 10.8. The van der Waals surface area contributed by atoms with Crippen LogP contribution in [0.15, 0.2) is 0 Å². The fourth-order valence-electron chi connectivity index (χ4n) is 4.58. The van der Waals surface area contributed by atoms with E-state index in [1.54, 1.807) is 0 Å². The summed E-state index contributed by atoms with van der Waals surface area (Å²) in [5, 5.41) is 0. The molecule has 10 nitrogen and oxygen atoms in total. The summed E-state index contributed by atoms with van der Waals surface area (Å²) in [6.07, 6.45) is -1.41. The van der Waals surface area contributed by atoms with E-state index in [-0.39, 0.29) is 6.61 Å². The van der Waals surface area contributed by atoms with Gasteiger partial charge in [0.05, 0.1) is 6.61 Å². The van der Waals surface area contributed by atoms with Crippen molar-refractivity contribution in [3.63, 3.8) is 0 Å². The van der Waals surface area contributed by atoms with Crippen LogP contribution in [-0.4, -0.2) is 67.8 Å². The molecule has 0 bridgehead atoms. The molecule has 1 saturated heterocycles. The molecule has 0 unspecified atom stereocenters. The normalized spacial score (nSPS) is 31.4. The van der Waals surface area contributed by atoms with Crippen molar-refractivity contribution >= 4 is 23.9 Å². The van der Waals surface area contributed by atoms with Gasteiger partial charge in [0.15, 0.2) is 24.6 Å². The van der Waals surface area contributed by atoms with E-state index in [9.17, 15) is 19.2 Å². The van der Waals surface area contributed by atoms with Gasteiger partial charge in [-0.15, -0.1) is 0 Å². The minimum Gasteiger partial charge on any atom is -0.463 e. The highest BCUT2D eigenvalue weighted by Crippen LogP contribution is 2.35. The first-order chi connectivity index (χ1) is 16.0. The molecule has 0 radical (unpaired) electrons. The summed E-state index contributed by atoms with van der Waals surface area (Å²) in [5.41, 5.74) is 0. The molecule has 194 valence electrons. The molecular weight excluding hydrogens is 448 g/mol. The lowest BCUT2D eigenvalue weighted by Gasteiger charge is -2.44. The third-order valence-electron chi connectivity index (χ3n) is 6.28. The van der Waals surface area contributed by atoms with Crippen molar-refractivity contribution in [3.8, 4) is 0 Å². The molecule has 2 rings (SSSR count). The van der Waals surface area contributed by atoms with Crippen LogP contribution < -0.4 is 0 Å². The highest BCUT2D eigenvalue weighted by atomic mass is 16.7. The summed E-state index contributed by atoms with van der Waals surface area (Å²) in [5.74, 6) is -0.891. The summed E-state index contributed by atoms with van der Waals surface area (Å²) < 4.78 is 33.3. The molecule has 1 saturated carbocycles. The second kappa shape index (κ2) is 13.0. The Morgan fingerprint density at radius 3 is 1.76 bits per heavy atom. The number of carbonyl (C=O) groups is 4. The van der Waals surface area contributed by atoms with Crippen LogP contribution in [0.3, 0.4) is 0 Å². The first-order valence-electron chi connectivity index (χ1n) is 11.9. The van der Waals surface area contributed by atoms with Crippen LogP contribution in [0.4, 0.5) is 0 Å². The van der Waals surface area contributed by atoms with Crippen LogP contribution in [0.25, 0.3) is 0 Å². The fourth-order valence-corrected chi connectivity index (χ4v) is 4.58. The van der Waals surface area contributed by atoms with E-state index >= 15 is 0 Å². The lowest BCUT2D eigenvalue weighted by molar-refractivity contribution is -0.310. The van der Waals surface area contributed by atoms with E-state index in [0.29, 0.717) is 24.4 Å². The Morgan fingerprint density at radius 2 is 1.26 bits per heavy atom. The fraction of sp³-hybridized carbons (Fsp3) is 0.833. The molecule has 5 atom stereocenters. The van der Waals surface area contributed by atoms with E-state index in [1.165, 1.54) is 27.7 Å². The third kappa shape index (κ3) is 8.54. The minimum absolute atomic E-state index is 0.267. The van der Waals surface area contributed by atoms with Crippen LogP contribution in [0.2, 0.25) is 0 Å². The SMILES string of the molecule is CC(=O)OC[C@H]1O[C@@H](OCC2CCC(C(C)C)CC2)[C@H](OC(C)=O)[C@@H](OC(C)=O)[C@@H]1OC(C)=O. The molecule has 0 aromatic heterocycles. The van der Waals surface area contributed by atoms with Gasteiger partial charge in [-0.1, -0.05) is 13.8 Å². The Labute approximate surface area is 200 Å². The van der Waals surface area contributed by atoms with Gasteiger partial charge >= 0.3 is 23.9 Å². The number of hydrogen-bond acceptors (Lipinski definition) is 10. The molecule has 1 heterocycles. The molecule has 2 aliphatic rings. The van der Waals surface area contributed by atoms with Gasteiger partial charge in [0.25, 0.3) is 0 Å². The Balaban J connectivity index is 2.22. The zero-order valence-corrected chi connectivity index (χ0v) is 20.9. The Bertz CT molecular complexity index is 713.